The normalized spacial score (nSPS) is 39.2. The predicted octanol–water partition coefficient (Wildman–Crippen LogP) is 2.26. The minimum absolute atomic E-state index is 0.348. The van der Waals surface area contributed by atoms with Gasteiger partial charge in [-0.2, -0.15) is 11.8 Å². The van der Waals surface area contributed by atoms with Gasteiger partial charge >= 0.3 is 0 Å². The van der Waals surface area contributed by atoms with E-state index < -0.39 is 0 Å². The molecule has 0 aromatic carbocycles. The maximum absolute atomic E-state index is 6.19. The molecule has 0 radical (unpaired) electrons. The molecular weight excluding hydrogens is 204 g/mol. The smallest absolute Gasteiger partial charge is 0.0352 e. The summed E-state index contributed by atoms with van der Waals surface area (Å²) in [6.07, 6.45) is 10.6. The molecule has 2 saturated carbocycles. The minimum atomic E-state index is 0.348. The molecule has 2 aliphatic carbocycles. The van der Waals surface area contributed by atoms with Gasteiger partial charge < -0.3 is 11.5 Å². The van der Waals surface area contributed by atoms with Crippen LogP contribution in [0.3, 0.4) is 0 Å². The molecule has 15 heavy (non-hydrogen) atoms. The van der Waals surface area contributed by atoms with Gasteiger partial charge in [0.25, 0.3) is 0 Å². The minimum Gasteiger partial charge on any atom is -0.327 e. The third kappa shape index (κ3) is 3.11. The third-order valence-electron chi connectivity index (χ3n) is 3.82. The molecule has 0 bridgehead atoms. The van der Waals surface area contributed by atoms with Gasteiger partial charge in [0, 0.05) is 22.6 Å². The maximum atomic E-state index is 6.19. The van der Waals surface area contributed by atoms with E-state index in [1.54, 1.807) is 0 Å². The second-order valence-corrected chi connectivity index (χ2v) is 6.60. The zero-order valence-corrected chi connectivity index (χ0v) is 10.3. The van der Waals surface area contributed by atoms with Crippen LogP contribution in [-0.2, 0) is 0 Å². The molecule has 0 aromatic rings. The molecule has 2 rings (SSSR count). The largest absolute Gasteiger partial charge is 0.327 e. The summed E-state index contributed by atoms with van der Waals surface area (Å²) in [5.74, 6) is 0. The van der Waals surface area contributed by atoms with Crippen LogP contribution < -0.4 is 11.5 Å². The topological polar surface area (TPSA) is 52.0 Å². The number of rotatable bonds is 2. The van der Waals surface area contributed by atoms with Crippen LogP contribution in [0.4, 0.5) is 0 Å². The lowest BCUT2D eigenvalue weighted by molar-refractivity contribution is 0.401. The van der Waals surface area contributed by atoms with Crippen molar-refractivity contribution in [2.45, 2.75) is 74.0 Å². The molecule has 0 saturated heterocycles. The van der Waals surface area contributed by atoms with E-state index in [2.05, 4.69) is 11.8 Å². The fraction of sp³-hybridized carbons (Fsp3) is 1.00. The molecule has 4 N–H and O–H groups in total. The summed E-state index contributed by atoms with van der Waals surface area (Å²) in [4.78, 5) is 0. The lowest BCUT2D eigenvalue weighted by Crippen LogP contribution is -2.49. The number of hydrogen-bond acceptors (Lipinski definition) is 3. The summed E-state index contributed by atoms with van der Waals surface area (Å²) >= 11 is 2.11. The van der Waals surface area contributed by atoms with E-state index in [4.69, 9.17) is 11.5 Å². The highest BCUT2D eigenvalue weighted by Crippen LogP contribution is 2.36. The summed E-state index contributed by atoms with van der Waals surface area (Å²) < 4.78 is 0. The Labute approximate surface area is 97.5 Å². The number of thioether (sulfide) groups is 1. The molecule has 2 fully saturated rings. The lowest BCUT2D eigenvalue weighted by Gasteiger charge is -2.36. The molecule has 0 amide bonds. The Morgan fingerprint density at radius 3 is 1.93 bits per heavy atom. The molecule has 0 heterocycles. The van der Waals surface area contributed by atoms with Crippen molar-refractivity contribution in [3.05, 3.63) is 0 Å². The average molecular weight is 228 g/mol. The van der Waals surface area contributed by atoms with Crippen LogP contribution in [-0.4, -0.2) is 22.6 Å². The van der Waals surface area contributed by atoms with E-state index in [0.717, 1.165) is 5.25 Å². The van der Waals surface area contributed by atoms with E-state index >= 15 is 0 Å². The van der Waals surface area contributed by atoms with Crippen LogP contribution in [0.5, 0.6) is 0 Å². The van der Waals surface area contributed by atoms with Crippen molar-refractivity contribution in [3.8, 4) is 0 Å². The quantitative estimate of drug-likeness (QED) is 0.762. The van der Waals surface area contributed by atoms with Crippen LogP contribution in [0.2, 0.25) is 0 Å². The standard InChI is InChI=1S/C12H24N2S/c13-10-7-4-8-11(14)12(10)15-9-5-2-1-3-6-9/h9-12H,1-8,13-14H2. The van der Waals surface area contributed by atoms with Crippen LogP contribution in [0, 0.1) is 0 Å². The van der Waals surface area contributed by atoms with Gasteiger partial charge in [0.05, 0.1) is 0 Å². The summed E-state index contributed by atoms with van der Waals surface area (Å²) in [7, 11) is 0. The fourth-order valence-corrected chi connectivity index (χ4v) is 4.59. The number of nitrogens with two attached hydrogens (primary N) is 2. The number of hydrogen-bond donors (Lipinski definition) is 2. The Hall–Kier alpha value is 0.270. The van der Waals surface area contributed by atoms with Gasteiger partial charge in [0.2, 0.25) is 0 Å². The zero-order chi connectivity index (χ0) is 10.7. The van der Waals surface area contributed by atoms with E-state index in [1.807, 2.05) is 0 Å². The zero-order valence-electron chi connectivity index (χ0n) is 9.53. The van der Waals surface area contributed by atoms with E-state index in [9.17, 15) is 0 Å². The Morgan fingerprint density at radius 1 is 0.733 bits per heavy atom. The highest BCUT2D eigenvalue weighted by Gasteiger charge is 2.31. The van der Waals surface area contributed by atoms with Gasteiger partial charge in [-0.3, -0.25) is 0 Å². The molecule has 2 unspecified atom stereocenters. The molecule has 0 aliphatic heterocycles. The van der Waals surface area contributed by atoms with Gasteiger partial charge in [-0.1, -0.05) is 25.7 Å². The van der Waals surface area contributed by atoms with Crippen molar-refractivity contribution in [1.82, 2.24) is 0 Å². The monoisotopic (exact) mass is 228 g/mol. The first kappa shape index (κ1) is 11.7. The first-order valence-electron chi connectivity index (χ1n) is 6.44. The van der Waals surface area contributed by atoms with Crippen molar-refractivity contribution in [2.24, 2.45) is 11.5 Å². The average Bonchev–Trinajstić information content (AvgIpc) is 2.25. The highest BCUT2D eigenvalue weighted by molar-refractivity contribution is 8.00. The summed E-state index contributed by atoms with van der Waals surface area (Å²) in [6, 6.07) is 0.696. The van der Waals surface area contributed by atoms with Crippen molar-refractivity contribution in [2.75, 3.05) is 0 Å². The summed E-state index contributed by atoms with van der Waals surface area (Å²) in [5.41, 5.74) is 12.4. The Balaban J connectivity index is 1.84. The third-order valence-corrected chi connectivity index (χ3v) is 5.69. The molecule has 2 nitrogen and oxygen atoms in total. The van der Waals surface area contributed by atoms with E-state index in [-0.39, 0.29) is 0 Å². The Kier molecular flexibility index (Phi) is 4.35. The Bertz CT molecular complexity index is 182. The first-order chi connectivity index (χ1) is 7.27. The molecule has 2 aliphatic rings. The second kappa shape index (κ2) is 5.55. The van der Waals surface area contributed by atoms with Crippen LogP contribution in [0.15, 0.2) is 0 Å². The van der Waals surface area contributed by atoms with Crippen molar-refractivity contribution >= 4 is 11.8 Å². The Morgan fingerprint density at radius 2 is 1.33 bits per heavy atom. The second-order valence-electron chi connectivity index (χ2n) is 5.12. The molecule has 0 spiro atoms. The first-order valence-corrected chi connectivity index (χ1v) is 7.38. The van der Waals surface area contributed by atoms with Gasteiger partial charge in [-0.05, 0) is 25.7 Å². The van der Waals surface area contributed by atoms with Crippen LogP contribution in [0.1, 0.15) is 51.4 Å². The van der Waals surface area contributed by atoms with Crippen molar-refractivity contribution in [3.63, 3.8) is 0 Å². The predicted molar refractivity (Wildman–Crippen MR) is 68.1 cm³/mol. The van der Waals surface area contributed by atoms with Gasteiger partial charge in [-0.15, -0.1) is 0 Å². The molecule has 0 aromatic heterocycles. The molecule has 3 heteroatoms. The molecule has 88 valence electrons. The van der Waals surface area contributed by atoms with Crippen LogP contribution in [0.25, 0.3) is 0 Å². The van der Waals surface area contributed by atoms with Gasteiger partial charge in [0.1, 0.15) is 0 Å². The van der Waals surface area contributed by atoms with Gasteiger partial charge in [-0.25, -0.2) is 0 Å². The summed E-state index contributed by atoms with van der Waals surface area (Å²) in [5, 5.41) is 1.38. The fourth-order valence-electron chi connectivity index (χ4n) is 2.86. The van der Waals surface area contributed by atoms with Crippen LogP contribution >= 0.6 is 11.8 Å². The molecule has 2 atom stereocenters. The van der Waals surface area contributed by atoms with E-state index in [1.165, 1.54) is 51.4 Å². The lowest BCUT2D eigenvalue weighted by atomic mass is 9.92. The van der Waals surface area contributed by atoms with E-state index in [0.29, 0.717) is 17.3 Å². The summed E-state index contributed by atoms with van der Waals surface area (Å²) in [6.45, 7) is 0. The highest BCUT2D eigenvalue weighted by atomic mass is 32.2. The maximum Gasteiger partial charge on any atom is 0.0352 e. The SMILES string of the molecule is NC1CCCC(N)C1SC1CCCCC1. The molecular formula is C12H24N2S. The van der Waals surface area contributed by atoms with Crippen molar-refractivity contribution < 1.29 is 0 Å². The van der Waals surface area contributed by atoms with Gasteiger partial charge in [0.15, 0.2) is 0 Å². The van der Waals surface area contributed by atoms with Crippen molar-refractivity contribution in [1.29, 1.82) is 0 Å².